The van der Waals surface area contributed by atoms with Crippen LogP contribution in [0.25, 0.3) is 5.69 Å². The molecule has 128 valence electrons. The standard InChI is InChI=1S/C20H17N5O/c21-11-15-12-23-25(19(15)22)16-8-5-14(6-9-16)20(26)24-18-10-7-13-3-1-2-4-17(13)18/h1-6,8-9,12,18H,7,10,22H2,(H,24,26)/t18-/m1/s1. The summed E-state index contributed by atoms with van der Waals surface area (Å²) < 4.78 is 1.48. The van der Waals surface area contributed by atoms with Gasteiger partial charge in [-0.25, -0.2) is 4.68 Å². The molecule has 26 heavy (non-hydrogen) atoms. The molecule has 0 fully saturated rings. The molecule has 6 nitrogen and oxygen atoms in total. The lowest BCUT2D eigenvalue weighted by Crippen LogP contribution is -2.27. The second-order valence-electron chi connectivity index (χ2n) is 6.28. The summed E-state index contributed by atoms with van der Waals surface area (Å²) >= 11 is 0. The van der Waals surface area contributed by atoms with E-state index in [-0.39, 0.29) is 17.8 Å². The highest BCUT2D eigenvalue weighted by molar-refractivity contribution is 5.94. The molecule has 3 N–H and O–H groups in total. The molecule has 3 aromatic rings. The number of hydrogen-bond donors (Lipinski definition) is 2. The number of fused-ring (bicyclic) bond motifs is 1. The molecule has 0 aliphatic heterocycles. The maximum absolute atomic E-state index is 12.6. The molecule has 2 aromatic carbocycles. The average molecular weight is 343 g/mol. The molecule has 0 saturated heterocycles. The Labute approximate surface area is 150 Å². The third kappa shape index (κ3) is 2.70. The number of aryl methyl sites for hydroxylation is 1. The number of hydrogen-bond acceptors (Lipinski definition) is 4. The Bertz CT molecular complexity index is 1010. The van der Waals surface area contributed by atoms with Gasteiger partial charge < -0.3 is 11.1 Å². The summed E-state index contributed by atoms with van der Waals surface area (Å²) in [5.74, 6) is 0.177. The fourth-order valence-corrected chi connectivity index (χ4v) is 3.35. The van der Waals surface area contributed by atoms with E-state index < -0.39 is 0 Å². The van der Waals surface area contributed by atoms with Gasteiger partial charge in [-0.2, -0.15) is 10.4 Å². The van der Waals surface area contributed by atoms with Crippen LogP contribution in [0.4, 0.5) is 5.82 Å². The van der Waals surface area contributed by atoms with E-state index in [0.717, 1.165) is 12.8 Å². The van der Waals surface area contributed by atoms with Crippen molar-refractivity contribution in [2.75, 3.05) is 5.73 Å². The van der Waals surface area contributed by atoms with Crippen molar-refractivity contribution in [3.8, 4) is 11.8 Å². The van der Waals surface area contributed by atoms with Crippen LogP contribution in [0.5, 0.6) is 0 Å². The first-order chi connectivity index (χ1) is 12.7. The monoisotopic (exact) mass is 343 g/mol. The Morgan fingerprint density at radius 3 is 2.73 bits per heavy atom. The molecule has 1 aliphatic rings. The van der Waals surface area contributed by atoms with E-state index in [9.17, 15) is 4.79 Å². The first-order valence-electron chi connectivity index (χ1n) is 8.40. The number of aromatic nitrogens is 2. The molecular weight excluding hydrogens is 326 g/mol. The fraction of sp³-hybridized carbons (Fsp3) is 0.150. The van der Waals surface area contributed by atoms with Crippen LogP contribution in [0.1, 0.15) is 39.5 Å². The van der Waals surface area contributed by atoms with Crippen molar-refractivity contribution in [2.24, 2.45) is 0 Å². The molecule has 1 heterocycles. The van der Waals surface area contributed by atoms with Crippen molar-refractivity contribution >= 4 is 11.7 Å². The molecule has 0 spiro atoms. The average Bonchev–Trinajstić information content (AvgIpc) is 3.25. The Morgan fingerprint density at radius 1 is 1.23 bits per heavy atom. The lowest BCUT2D eigenvalue weighted by Gasteiger charge is -2.14. The van der Waals surface area contributed by atoms with Crippen molar-refractivity contribution in [1.29, 1.82) is 5.26 Å². The predicted octanol–water partition coefficient (Wildman–Crippen LogP) is 2.74. The number of nitriles is 1. The molecular formula is C20H17N5O. The van der Waals surface area contributed by atoms with Gasteiger partial charge in [0.15, 0.2) is 0 Å². The second kappa shape index (κ2) is 6.37. The number of carbonyl (C=O) groups excluding carboxylic acids is 1. The zero-order valence-corrected chi connectivity index (χ0v) is 14.0. The molecule has 0 bridgehead atoms. The highest BCUT2D eigenvalue weighted by Crippen LogP contribution is 2.31. The normalized spacial score (nSPS) is 15.3. The number of anilines is 1. The molecule has 6 heteroatoms. The number of rotatable bonds is 3. The minimum Gasteiger partial charge on any atom is -0.382 e. The van der Waals surface area contributed by atoms with Gasteiger partial charge >= 0.3 is 0 Å². The first-order valence-corrected chi connectivity index (χ1v) is 8.40. The van der Waals surface area contributed by atoms with Gasteiger partial charge in [-0.1, -0.05) is 24.3 Å². The summed E-state index contributed by atoms with van der Waals surface area (Å²) in [4.78, 5) is 12.6. The summed E-state index contributed by atoms with van der Waals surface area (Å²) in [5.41, 5.74) is 10.00. The van der Waals surface area contributed by atoms with Crippen LogP contribution < -0.4 is 11.1 Å². The maximum Gasteiger partial charge on any atom is 0.251 e. The lowest BCUT2D eigenvalue weighted by atomic mass is 10.1. The van der Waals surface area contributed by atoms with Crippen molar-refractivity contribution < 1.29 is 4.79 Å². The van der Waals surface area contributed by atoms with E-state index in [0.29, 0.717) is 16.8 Å². The highest BCUT2D eigenvalue weighted by atomic mass is 16.1. The Kier molecular flexibility index (Phi) is 3.90. The van der Waals surface area contributed by atoms with Gasteiger partial charge in [0.25, 0.3) is 5.91 Å². The molecule has 4 rings (SSSR count). The van der Waals surface area contributed by atoms with Crippen molar-refractivity contribution in [3.63, 3.8) is 0 Å². The highest BCUT2D eigenvalue weighted by Gasteiger charge is 2.23. The van der Waals surface area contributed by atoms with Crippen LogP contribution in [0, 0.1) is 11.3 Å². The predicted molar refractivity (Wildman–Crippen MR) is 97.7 cm³/mol. The van der Waals surface area contributed by atoms with Crippen LogP contribution in [-0.2, 0) is 6.42 Å². The van der Waals surface area contributed by atoms with E-state index in [2.05, 4.69) is 22.5 Å². The zero-order valence-electron chi connectivity index (χ0n) is 14.0. The van der Waals surface area contributed by atoms with Gasteiger partial charge in [0.2, 0.25) is 0 Å². The number of carbonyl (C=O) groups is 1. The molecule has 1 aromatic heterocycles. The van der Waals surface area contributed by atoms with Crippen molar-refractivity contribution in [1.82, 2.24) is 15.1 Å². The van der Waals surface area contributed by atoms with Crippen LogP contribution in [0.15, 0.2) is 54.7 Å². The second-order valence-corrected chi connectivity index (χ2v) is 6.28. The van der Waals surface area contributed by atoms with Crippen LogP contribution in [-0.4, -0.2) is 15.7 Å². The van der Waals surface area contributed by atoms with Crippen LogP contribution >= 0.6 is 0 Å². The van der Waals surface area contributed by atoms with E-state index in [1.807, 2.05) is 18.2 Å². The quantitative estimate of drug-likeness (QED) is 0.764. The van der Waals surface area contributed by atoms with Crippen LogP contribution in [0.3, 0.4) is 0 Å². The van der Waals surface area contributed by atoms with E-state index >= 15 is 0 Å². The van der Waals surface area contributed by atoms with Gasteiger partial charge in [0.1, 0.15) is 17.5 Å². The zero-order chi connectivity index (χ0) is 18.1. The Balaban J connectivity index is 1.51. The molecule has 0 saturated carbocycles. The minimum absolute atomic E-state index is 0.0540. The van der Waals surface area contributed by atoms with Gasteiger partial charge in [0.05, 0.1) is 17.9 Å². The lowest BCUT2D eigenvalue weighted by molar-refractivity contribution is 0.0936. The molecule has 1 amide bonds. The first kappa shape index (κ1) is 15.9. The number of nitrogen functional groups attached to an aromatic ring is 1. The van der Waals surface area contributed by atoms with E-state index in [1.165, 1.54) is 22.0 Å². The largest absolute Gasteiger partial charge is 0.382 e. The Morgan fingerprint density at radius 2 is 2.00 bits per heavy atom. The topological polar surface area (TPSA) is 96.7 Å². The maximum atomic E-state index is 12.6. The Hall–Kier alpha value is -3.59. The van der Waals surface area contributed by atoms with Crippen molar-refractivity contribution in [3.05, 3.63) is 77.0 Å². The third-order valence-corrected chi connectivity index (χ3v) is 4.74. The number of nitrogens with one attached hydrogen (secondary N) is 1. The van der Waals surface area contributed by atoms with Crippen LogP contribution in [0.2, 0.25) is 0 Å². The van der Waals surface area contributed by atoms with Gasteiger partial charge in [-0.3, -0.25) is 4.79 Å². The number of amides is 1. The van der Waals surface area contributed by atoms with Gasteiger partial charge in [0, 0.05) is 5.56 Å². The van der Waals surface area contributed by atoms with Crippen molar-refractivity contribution in [2.45, 2.75) is 18.9 Å². The summed E-state index contributed by atoms with van der Waals surface area (Å²) in [5, 5.41) is 16.2. The smallest absolute Gasteiger partial charge is 0.251 e. The minimum atomic E-state index is -0.107. The number of nitrogens with zero attached hydrogens (tertiary/aromatic N) is 3. The summed E-state index contributed by atoms with van der Waals surface area (Å²) in [7, 11) is 0. The number of benzene rings is 2. The summed E-state index contributed by atoms with van der Waals surface area (Å²) in [6.07, 6.45) is 3.33. The summed E-state index contributed by atoms with van der Waals surface area (Å²) in [6.45, 7) is 0. The summed E-state index contributed by atoms with van der Waals surface area (Å²) in [6, 6.07) is 17.3. The SMILES string of the molecule is N#Cc1cnn(-c2ccc(C(=O)N[C@@H]3CCc4ccccc43)cc2)c1N. The van der Waals surface area contributed by atoms with E-state index in [1.54, 1.807) is 24.3 Å². The number of nitrogens with two attached hydrogens (primary N) is 1. The molecule has 1 aliphatic carbocycles. The van der Waals surface area contributed by atoms with Gasteiger partial charge in [-0.15, -0.1) is 0 Å². The fourth-order valence-electron chi connectivity index (χ4n) is 3.35. The molecule has 0 unspecified atom stereocenters. The molecule has 1 atom stereocenters. The molecule has 0 radical (unpaired) electrons. The van der Waals surface area contributed by atoms with E-state index in [4.69, 9.17) is 11.0 Å². The van der Waals surface area contributed by atoms with Gasteiger partial charge in [-0.05, 0) is 48.2 Å². The third-order valence-electron chi connectivity index (χ3n) is 4.74.